The number of nitrogens with zero attached hydrogens (tertiary/aromatic N) is 4. The van der Waals surface area contributed by atoms with Crippen molar-refractivity contribution in [1.82, 2.24) is 14.9 Å². The average molecular weight is 291 g/mol. The van der Waals surface area contributed by atoms with Crippen molar-refractivity contribution in [2.24, 2.45) is 5.92 Å². The number of rotatable bonds is 4. The standard InChI is InChI=1S/C16H29N5/c1-11(2)10-20-6-8-21(9-7-20)16-13(5)14(17)18-15(19-16)12(3)4/h11-12H,6-10H2,1-5H3,(H2,17,18,19). The third-order valence-corrected chi connectivity index (χ3v) is 3.99. The lowest BCUT2D eigenvalue weighted by Gasteiger charge is -2.37. The summed E-state index contributed by atoms with van der Waals surface area (Å²) in [6.45, 7) is 16.2. The fourth-order valence-electron chi connectivity index (χ4n) is 2.76. The number of piperazine rings is 1. The van der Waals surface area contributed by atoms with Crippen molar-refractivity contribution in [3.05, 3.63) is 11.4 Å². The molecule has 1 fully saturated rings. The Bertz CT molecular complexity index is 476. The number of anilines is 2. The van der Waals surface area contributed by atoms with Crippen LogP contribution in [-0.2, 0) is 0 Å². The van der Waals surface area contributed by atoms with Crippen LogP contribution in [0.2, 0.25) is 0 Å². The second kappa shape index (κ2) is 6.60. The molecule has 0 unspecified atom stereocenters. The van der Waals surface area contributed by atoms with Crippen molar-refractivity contribution in [3.63, 3.8) is 0 Å². The van der Waals surface area contributed by atoms with Crippen molar-refractivity contribution in [2.75, 3.05) is 43.4 Å². The van der Waals surface area contributed by atoms with E-state index in [4.69, 9.17) is 10.7 Å². The molecule has 0 aliphatic carbocycles. The Morgan fingerprint density at radius 3 is 2.19 bits per heavy atom. The van der Waals surface area contributed by atoms with Crippen LogP contribution in [0.1, 0.15) is 45.0 Å². The van der Waals surface area contributed by atoms with Crippen LogP contribution in [0, 0.1) is 12.8 Å². The minimum absolute atomic E-state index is 0.300. The predicted molar refractivity (Wildman–Crippen MR) is 88.8 cm³/mol. The summed E-state index contributed by atoms with van der Waals surface area (Å²) < 4.78 is 0. The third-order valence-electron chi connectivity index (χ3n) is 3.99. The first-order valence-electron chi connectivity index (χ1n) is 7.99. The smallest absolute Gasteiger partial charge is 0.137 e. The second-order valence-electron chi connectivity index (χ2n) is 6.75. The van der Waals surface area contributed by atoms with Crippen LogP contribution in [0.3, 0.4) is 0 Å². The molecule has 1 aromatic rings. The molecule has 2 rings (SSSR count). The molecule has 21 heavy (non-hydrogen) atoms. The first-order valence-corrected chi connectivity index (χ1v) is 7.99. The molecule has 0 saturated carbocycles. The minimum Gasteiger partial charge on any atom is -0.383 e. The van der Waals surface area contributed by atoms with Crippen LogP contribution in [0.25, 0.3) is 0 Å². The number of nitrogen functional groups attached to an aromatic ring is 1. The van der Waals surface area contributed by atoms with Crippen LogP contribution in [0.4, 0.5) is 11.6 Å². The molecule has 1 aliphatic rings. The molecule has 0 aromatic carbocycles. The highest BCUT2D eigenvalue weighted by atomic mass is 15.3. The second-order valence-corrected chi connectivity index (χ2v) is 6.75. The van der Waals surface area contributed by atoms with E-state index >= 15 is 0 Å². The van der Waals surface area contributed by atoms with Crippen LogP contribution in [-0.4, -0.2) is 47.6 Å². The molecule has 5 nitrogen and oxygen atoms in total. The summed E-state index contributed by atoms with van der Waals surface area (Å²) in [6.07, 6.45) is 0. The van der Waals surface area contributed by atoms with Crippen LogP contribution >= 0.6 is 0 Å². The highest BCUT2D eigenvalue weighted by Gasteiger charge is 2.22. The van der Waals surface area contributed by atoms with Gasteiger partial charge in [0, 0.05) is 44.2 Å². The lowest BCUT2D eigenvalue weighted by Crippen LogP contribution is -2.48. The summed E-state index contributed by atoms with van der Waals surface area (Å²) in [5, 5.41) is 0. The van der Waals surface area contributed by atoms with Gasteiger partial charge in [0.25, 0.3) is 0 Å². The molecular weight excluding hydrogens is 262 g/mol. The summed E-state index contributed by atoms with van der Waals surface area (Å²) in [5.74, 6) is 3.51. The van der Waals surface area contributed by atoms with Gasteiger partial charge in [-0.05, 0) is 12.8 Å². The van der Waals surface area contributed by atoms with Gasteiger partial charge in [-0.25, -0.2) is 9.97 Å². The molecule has 1 saturated heterocycles. The van der Waals surface area contributed by atoms with Gasteiger partial charge >= 0.3 is 0 Å². The van der Waals surface area contributed by atoms with Crippen LogP contribution in [0.15, 0.2) is 0 Å². The van der Waals surface area contributed by atoms with E-state index < -0.39 is 0 Å². The SMILES string of the molecule is Cc1c(N)nc(C(C)C)nc1N1CCN(CC(C)C)CC1. The lowest BCUT2D eigenvalue weighted by molar-refractivity contribution is 0.231. The third kappa shape index (κ3) is 3.84. The van der Waals surface area contributed by atoms with E-state index in [1.54, 1.807) is 0 Å². The molecule has 0 spiro atoms. The minimum atomic E-state index is 0.300. The van der Waals surface area contributed by atoms with E-state index in [-0.39, 0.29) is 0 Å². The Labute approximate surface area is 128 Å². The molecule has 2 heterocycles. The van der Waals surface area contributed by atoms with Crippen molar-refractivity contribution in [1.29, 1.82) is 0 Å². The van der Waals surface area contributed by atoms with E-state index in [0.717, 1.165) is 49.3 Å². The van der Waals surface area contributed by atoms with Crippen molar-refractivity contribution < 1.29 is 0 Å². The zero-order chi connectivity index (χ0) is 15.6. The molecule has 0 atom stereocenters. The first-order chi connectivity index (χ1) is 9.88. The van der Waals surface area contributed by atoms with Gasteiger partial charge in [-0.2, -0.15) is 0 Å². The van der Waals surface area contributed by atoms with Gasteiger partial charge in [0.05, 0.1) is 0 Å². The first kappa shape index (κ1) is 16.0. The van der Waals surface area contributed by atoms with E-state index in [1.165, 1.54) is 6.54 Å². The number of nitrogens with two attached hydrogens (primary N) is 1. The molecule has 0 bridgehead atoms. The fraction of sp³-hybridized carbons (Fsp3) is 0.750. The van der Waals surface area contributed by atoms with E-state index in [2.05, 4.69) is 42.5 Å². The molecule has 1 aliphatic heterocycles. The molecule has 0 radical (unpaired) electrons. The molecule has 118 valence electrons. The van der Waals surface area contributed by atoms with E-state index in [1.807, 2.05) is 6.92 Å². The maximum atomic E-state index is 6.07. The number of hydrogen-bond donors (Lipinski definition) is 1. The van der Waals surface area contributed by atoms with Gasteiger partial charge in [-0.1, -0.05) is 27.7 Å². The summed E-state index contributed by atoms with van der Waals surface area (Å²) in [4.78, 5) is 14.1. The van der Waals surface area contributed by atoms with Crippen molar-refractivity contribution in [2.45, 2.75) is 40.5 Å². The summed E-state index contributed by atoms with van der Waals surface area (Å²) in [6, 6.07) is 0. The summed E-state index contributed by atoms with van der Waals surface area (Å²) >= 11 is 0. The summed E-state index contributed by atoms with van der Waals surface area (Å²) in [5.41, 5.74) is 7.08. The molecular formula is C16H29N5. The zero-order valence-corrected chi connectivity index (χ0v) is 14.1. The van der Waals surface area contributed by atoms with Gasteiger partial charge in [0.15, 0.2) is 0 Å². The normalized spacial score (nSPS) is 17.0. The van der Waals surface area contributed by atoms with Crippen molar-refractivity contribution >= 4 is 11.6 Å². The quantitative estimate of drug-likeness (QED) is 0.922. The zero-order valence-electron chi connectivity index (χ0n) is 14.1. The van der Waals surface area contributed by atoms with Gasteiger partial charge in [0.2, 0.25) is 0 Å². The molecule has 5 heteroatoms. The van der Waals surface area contributed by atoms with Gasteiger partial charge in [-0.3, -0.25) is 4.90 Å². The van der Waals surface area contributed by atoms with Gasteiger partial charge in [0.1, 0.15) is 17.5 Å². The van der Waals surface area contributed by atoms with Gasteiger partial charge in [-0.15, -0.1) is 0 Å². The molecule has 0 amide bonds. The molecule has 1 aromatic heterocycles. The number of hydrogen-bond acceptors (Lipinski definition) is 5. The largest absolute Gasteiger partial charge is 0.383 e. The highest BCUT2D eigenvalue weighted by molar-refractivity contribution is 5.56. The Hall–Kier alpha value is -1.36. The highest BCUT2D eigenvalue weighted by Crippen LogP contribution is 2.25. The number of aromatic nitrogens is 2. The topological polar surface area (TPSA) is 58.3 Å². The van der Waals surface area contributed by atoms with Crippen molar-refractivity contribution in [3.8, 4) is 0 Å². The fourth-order valence-corrected chi connectivity index (χ4v) is 2.76. The summed E-state index contributed by atoms with van der Waals surface area (Å²) in [7, 11) is 0. The maximum absolute atomic E-state index is 6.07. The Morgan fingerprint density at radius 1 is 1.05 bits per heavy atom. The lowest BCUT2D eigenvalue weighted by atomic mass is 10.1. The molecule has 2 N–H and O–H groups in total. The van der Waals surface area contributed by atoms with Crippen LogP contribution in [0.5, 0.6) is 0 Å². The monoisotopic (exact) mass is 291 g/mol. The Morgan fingerprint density at radius 2 is 1.67 bits per heavy atom. The average Bonchev–Trinajstić information content (AvgIpc) is 2.42. The van der Waals surface area contributed by atoms with E-state index in [0.29, 0.717) is 11.7 Å². The Balaban J connectivity index is 2.12. The van der Waals surface area contributed by atoms with Crippen LogP contribution < -0.4 is 10.6 Å². The van der Waals surface area contributed by atoms with E-state index in [9.17, 15) is 0 Å². The maximum Gasteiger partial charge on any atom is 0.137 e. The van der Waals surface area contributed by atoms with Gasteiger partial charge < -0.3 is 10.6 Å². The predicted octanol–water partition coefficient (Wildman–Crippen LogP) is 2.27. The Kier molecular flexibility index (Phi) is 5.04.